The molecule has 2 amide bonds. The molecule has 17 heavy (non-hydrogen) atoms. The molecule has 0 unspecified atom stereocenters. The van der Waals surface area contributed by atoms with E-state index in [9.17, 15) is 9.90 Å². The van der Waals surface area contributed by atoms with E-state index in [2.05, 4.69) is 5.32 Å². The summed E-state index contributed by atoms with van der Waals surface area (Å²) in [7, 11) is 1.42. The highest BCUT2D eigenvalue weighted by atomic mass is 35.5. The van der Waals surface area contributed by atoms with Gasteiger partial charge < -0.3 is 16.2 Å². The van der Waals surface area contributed by atoms with Crippen LogP contribution >= 0.6 is 11.6 Å². The van der Waals surface area contributed by atoms with Crippen LogP contribution in [-0.2, 0) is 0 Å². The summed E-state index contributed by atoms with van der Waals surface area (Å²) >= 11 is 5.94. The van der Waals surface area contributed by atoms with E-state index in [1.54, 1.807) is 6.92 Å². The number of anilines is 1. The lowest BCUT2D eigenvalue weighted by molar-refractivity contribution is 0.251. The molecule has 0 aliphatic heterocycles. The summed E-state index contributed by atoms with van der Waals surface area (Å²) in [5.41, 5.74) is 6.16. The predicted octanol–water partition coefficient (Wildman–Crippen LogP) is 1.39. The molecular formula is C10H13ClN4O2. The van der Waals surface area contributed by atoms with Crippen molar-refractivity contribution in [1.29, 1.82) is 5.41 Å². The van der Waals surface area contributed by atoms with Gasteiger partial charge in [-0.3, -0.25) is 5.41 Å². The fraction of sp³-hybridized carbons (Fsp3) is 0.200. The van der Waals surface area contributed by atoms with Crippen LogP contribution in [0.2, 0.25) is 5.02 Å². The van der Waals surface area contributed by atoms with Crippen LogP contribution in [-0.4, -0.2) is 24.1 Å². The Kier molecular flexibility index (Phi) is 3.80. The van der Waals surface area contributed by atoms with Gasteiger partial charge in [-0.25, -0.2) is 9.69 Å². The molecule has 0 bridgehead atoms. The summed E-state index contributed by atoms with van der Waals surface area (Å²) in [4.78, 5) is 12.5. The molecule has 0 spiro atoms. The quantitative estimate of drug-likeness (QED) is 0.451. The SMILES string of the molecule is CNC(=O)N(C(=N)N)c1c(C)cc(O)cc1Cl. The summed E-state index contributed by atoms with van der Waals surface area (Å²) in [6.07, 6.45) is 0. The first-order chi connectivity index (χ1) is 7.88. The normalized spacial score (nSPS) is 9.82. The van der Waals surface area contributed by atoms with Gasteiger partial charge in [0.1, 0.15) is 5.75 Å². The Hall–Kier alpha value is -1.95. The lowest BCUT2D eigenvalue weighted by Crippen LogP contribution is -2.46. The van der Waals surface area contributed by atoms with Crippen molar-refractivity contribution < 1.29 is 9.90 Å². The highest BCUT2D eigenvalue weighted by molar-refractivity contribution is 6.35. The molecule has 5 N–H and O–H groups in total. The molecule has 0 aliphatic carbocycles. The number of guanidine groups is 1. The van der Waals surface area contributed by atoms with Gasteiger partial charge >= 0.3 is 6.03 Å². The van der Waals surface area contributed by atoms with E-state index in [0.29, 0.717) is 5.56 Å². The second kappa shape index (κ2) is 4.92. The van der Waals surface area contributed by atoms with E-state index < -0.39 is 12.0 Å². The van der Waals surface area contributed by atoms with Gasteiger partial charge in [0.25, 0.3) is 0 Å². The number of nitrogens with two attached hydrogens (primary N) is 1. The van der Waals surface area contributed by atoms with Gasteiger partial charge in [0.05, 0.1) is 10.7 Å². The molecule has 1 rings (SSSR count). The molecule has 0 heterocycles. The first-order valence-corrected chi connectivity index (χ1v) is 5.11. The van der Waals surface area contributed by atoms with Crippen molar-refractivity contribution in [3.63, 3.8) is 0 Å². The molecule has 92 valence electrons. The maximum atomic E-state index is 11.6. The maximum Gasteiger partial charge on any atom is 0.328 e. The minimum atomic E-state index is -0.576. The minimum Gasteiger partial charge on any atom is -0.508 e. The number of benzene rings is 1. The number of phenolic OH excluding ortho intramolecular Hbond substituents is 1. The Labute approximate surface area is 103 Å². The Balaban J connectivity index is 3.38. The van der Waals surface area contributed by atoms with Gasteiger partial charge in [0, 0.05) is 13.1 Å². The van der Waals surface area contributed by atoms with Crippen molar-refractivity contribution in [2.45, 2.75) is 6.92 Å². The number of urea groups is 1. The van der Waals surface area contributed by atoms with Gasteiger partial charge in [-0.2, -0.15) is 0 Å². The van der Waals surface area contributed by atoms with Crippen LogP contribution in [0.1, 0.15) is 5.56 Å². The summed E-state index contributed by atoms with van der Waals surface area (Å²) < 4.78 is 0. The lowest BCUT2D eigenvalue weighted by atomic mass is 10.1. The van der Waals surface area contributed by atoms with Gasteiger partial charge in [-0.1, -0.05) is 11.6 Å². The molecular weight excluding hydrogens is 244 g/mol. The van der Waals surface area contributed by atoms with Gasteiger partial charge in [-0.05, 0) is 18.6 Å². The number of nitrogens with one attached hydrogen (secondary N) is 2. The monoisotopic (exact) mass is 256 g/mol. The van der Waals surface area contributed by atoms with Gasteiger partial charge in [0.15, 0.2) is 0 Å². The molecule has 0 fully saturated rings. The minimum absolute atomic E-state index is 0.0170. The predicted molar refractivity (Wildman–Crippen MR) is 66.7 cm³/mol. The smallest absolute Gasteiger partial charge is 0.328 e. The Morgan fingerprint density at radius 3 is 2.59 bits per heavy atom. The molecule has 1 aromatic rings. The van der Waals surface area contributed by atoms with Crippen molar-refractivity contribution in [2.75, 3.05) is 11.9 Å². The zero-order valence-corrected chi connectivity index (χ0v) is 10.2. The summed E-state index contributed by atoms with van der Waals surface area (Å²) in [5, 5.41) is 19.2. The molecule has 1 aromatic carbocycles. The summed E-state index contributed by atoms with van der Waals surface area (Å²) in [5.74, 6) is -0.475. The number of aromatic hydroxyl groups is 1. The summed E-state index contributed by atoms with van der Waals surface area (Å²) in [6, 6.07) is 2.14. The van der Waals surface area contributed by atoms with E-state index in [1.165, 1.54) is 19.2 Å². The molecule has 0 saturated carbocycles. The first-order valence-electron chi connectivity index (χ1n) is 4.73. The van der Waals surface area contributed by atoms with E-state index in [4.69, 9.17) is 22.7 Å². The highest BCUT2D eigenvalue weighted by Gasteiger charge is 2.22. The molecule has 0 saturated heterocycles. The number of amides is 2. The first kappa shape index (κ1) is 13.1. The second-order valence-corrected chi connectivity index (χ2v) is 3.78. The Bertz CT molecular complexity index is 452. The van der Waals surface area contributed by atoms with Crippen molar-refractivity contribution >= 4 is 29.3 Å². The highest BCUT2D eigenvalue weighted by Crippen LogP contribution is 2.33. The van der Waals surface area contributed by atoms with Crippen molar-refractivity contribution in [3.05, 3.63) is 22.7 Å². The number of halogens is 1. The van der Waals surface area contributed by atoms with Crippen molar-refractivity contribution in [3.8, 4) is 5.75 Å². The molecule has 6 nitrogen and oxygen atoms in total. The Morgan fingerprint density at radius 2 is 2.18 bits per heavy atom. The van der Waals surface area contributed by atoms with Crippen LogP contribution in [0.3, 0.4) is 0 Å². The third-order valence-electron chi connectivity index (χ3n) is 2.12. The number of phenols is 1. The van der Waals surface area contributed by atoms with Crippen LogP contribution < -0.4 is 16.0 Å². The van der Waals surface area contributed by atoms with E-state index >= 15 is 0 Å². The zero-order chi connectivity index (χ0) is 13.2. The molecule has 0 atom stereocenters. The second-order valence-electron chi connectivity index (χ2n) is 3.37. The number of hydrogen-bond acceptors (Lipinski definition) is 3. The van der Waals surface area contributed by atoms with Gasteiger partial charge in [0.2, 0.25) is 5.96 Å². The maximum absolute atomic E-state index is 11.6. The zero-order valence-electron chi connectivity index (χ0n) is 9.41. The standard InChI is InChI=1S/C10H13ClN4O2/c1-5-3-6(16)4-7(11)8(5)15(9(12)13)10(17)14-2/h3-4,16H,1-2H3,(H3,12,13)(H,14,17). The van der Waals surface area contributed by atoms with E-state index in [0.717, 1.165) is 4.90 Å². The van der Waals surface area contributed by atoms with Crippen LogP contribution in [0.5, 0.6) is 5.75 Å². The van der Waals surface area contributed by atoms with Gasteiger partial charge in [-0.15, -0.1) is 0 Å². The van der Waals surface area contributed by atoms with Crippen molar-refractivity contribution in [2.24, 2.45) is 5.73 Å². The number of carbonyl (C=O) groups excluding carboxylic acids is 1. The number of rotatable bonds is 1. The summed E-state index contributed by atoms with van der Waals surface area (Å²) in [6.45, 7) is 1.65. The van der Waals surface area contributed by atoms with Crippen LogP contribution in [0.25, 0.3) is 0 Å². The lowest BCUT2D eigenvalue weighted by Gasteiger charge is -2.23. The Morgan fingerprint density at radius 1 is 1.59 bits per heavy atom. The topological polar surface area (TPSA) is 102 Å². The fourth-order valence-corrected chi connectivity index (χ4v) is 1.79. The molecule has 7 heteroatoms. The average Bonchev–Trinajstić information content (AvgIpc) is 2.21. The van der Waals surface area contributed by atoms with Crippen LogP contribution in [0.4, 0.5) is 10.5 Å². The van der Waals surface area contributed by atoms with Crippen LogP contribution in [0.15, 0.2) is 12.1 Å². The van der Waals surface area contributed by atoms with E-state index in [1.807, 2.05) is 0 Å². The fourth-order valence-electron chi connectivity index (χ4n) is 1.44. The number of carbonyl (C=O) groups is 1. The third kappa shape index (κ3) is 2.59. The van der Waals surface area contributed by atoms with E-state index in [-0.39, 0.29) is 16.5 Å². The average molecular weight is 257 g/mol. The third-order valence-corrected chi connectivity index (χ3v) is 2.41. The number of hydrogen-bond donors (Lipinski definition) is 4. The molecule has 0 aliphatic rings. The molecule has 0 aromatic heterocycles. The largest absolute Gasteiger partial charge is 0.508 e. The van der Waals surface area contributed by atoms with Crippen LogP contribution in [0, 0.1) is 12.3 Å². The number of nitrogens with zero attached hydrogens (tertiary/aromatic N) is 1. The molecule has 0 radical (unpaired) electrons. The van der Waals surface area contributed by atoms with Crippen molar-refractivity contribution in [1.82, 2.24) is 5.32 Å². The number of aryl methyl sites for hydroxylation is 1.